The van der Waals surface area contributed by atoms with Crippen LogP contribution in [0.2, 0.25) is 0 Å². The van der Waals surface area contributed by atoms with Gasteiger partial charge < -0.3 is 4.74 Å². The van der Waals surface area contributed by atoms with Gasteiger partial charge in [0.15, 0.2) is 0 Å². The third kappa shape index (κ3) is 1.90. The first-order chi connectivity index (χ1) is 10.2. The van der Waals surface area contributed by atoms with Gasteiger partial charge in [0.2, 0.25) is 0 Å². The molecule has 21 heavy (non-hydrogen) atoms. The number of esters is 1. The predicted molar refractivity (Wildman–Crippen MR) is 81.8 cm³/mol. The van der Waals surface area contributed by atoms with Crippen molar-refractivity contribution in [3.63, 3.8) is 0 Å². The Balaban J connectivity index is 2.03. The summed E-state index contributed by atoms with van der Waals surface area (Å²) in [4.78, 5) is 12.2. The molecule has 1 saturated heterocycles. The monoisotopic (exact) mass is 276 g/mol. The highest BCUT2D eigenvalue weighted by Gasteiger charge is 2.38. The van der Waals surface area contributed by atoms with Crippen molar-refractivity contribution in [1.29, 1.82) is 0 Å². The molecule has 2 aliphatic rings. The molecule has 2 aromatic carbocycles. The average Bonchev–Trinajstić information content (AvgIpc) is 2.87. The molecule has 0 spiro atoms. The van der Waals surface area contributed by atoms with Crippen molar-refractivity contribution in [3.8, 4) is 0 Å². The Morgan fingerprint density at radius 1 is 1.10 bits per heavy atom. The van der Waals surface area contributed by atoms with Crippen LogP contribution < -0.4 is 0 Å². The zero-order chi connectivity index (χ0) is 14.4. The zero-order valence-electron chi connectivity index (χ0n) is 11.9. The lowest BCUT2D eigenvalue weighted by atomic mass is 9.77. The fraction of sp³-hybridized carbons (Fsp3) is 0.211. The summed E-state index contributed by atoms with van der Waals surface area (Å²) in [6, 6.07) is 16.7. The third-order valence-electron chi connectivity index (χ3n) is 4.38. The Kier molecular flexibility index (Phi) is 2.71. The molecule has 0 N–H and O–H groups in total. The highest BCUT2D eigenvalue weighted by atomic mass is 16.5. The molecule has 4 rings (SSSR count). The smallest absolute Gasteiger partial charge is 0.335 e. The van der Waals surface area contributed by atoms with E-state index in [0.717, 1.165) is 23.1 Å². The van der Waals surface area contributed by atoms with E-state index < -0.39 is 0 Å². The van der Waals surface area contributed by atoms with Crippen molar-refractivity contribution < 1.29 is 9.53 Å². The number of carbonyl (C=O) groups is 1. The Morgan fingerprint density at radius 2 is 1.90 bits per heavy atom. The molecule has 104 valence electrons. The molecule has 1 heterocycles. The summed E-state index contributed by atoms with van der Waals surface area (Å²) in [7, 11) is 0. The molecule has 0 amide bonds. The van der Waals surface area contributed by atoms with Crippen LogP contribution in [-0.4, -0.2) is 12.6 Å². The van der Waals surface area contributed by atoms with Crippen molar-refractivity contribution in [1.82, 2.24) is 0 Å². The van der Waals surface area contributed by atoms with E-state index in [1.54, 1.807) is 0 Å². The van der Waals surface area contributed by atoms with Gasteiger partial charge in [-0.15, -0.1) is 0 Å². The van der Waals surface area contributed by atoms with Crippen molar-refractivity contribution in [2.24, 2.45) is 5.92 Å². The summed E-state index contributed by atoms with van der Waals surface area (Å²) in [5.74, 6) is 0.0499. The van der Waals surface area contributed by atoms with Gasteiger partial charge in [0.1, 0.15) is 0 Å². The summed E-state index contributed by atoms with van der Waals surface area (Å²) < 4.78 is 5.32. The van der Waals surface area contributed by atoms with E-state index in [4.69, 9.17) is 4.74 Å². The average molecular weight is 276 g/mol. The van der Waals surface area contributed by atoms with Crippen LogP contribution in [0.15, 0.2) is 54.1 Å². The molecular formula is C19H16O2. The lowest BCUT2D eigenvalue weighted by molar-refractivity contribution is -0.135. The lowest BCUT2D eigenvalue weighted by Crippen LogP contribution is -2.17. The number of hydrogen-bond donors (Lipinski definition) is 0. The van der Waals surface area contributed by atoms with Crippen LogP contribution in [0.25, 0.3) is 5.57 Å². The fourth-order valence-corrected chi connectivity index (χ4v) is 3.40. The van der Waals surface area contributed by atoms with Crippen LogP contribution in [0, 0.1) is 12.8 Å². The van der Waals surface area contributed by atoms with E-state index in [-0.39, 0.29) is 11.9 Å². The molecule has 0 bridgehead atoms. The first-order valence-corrected chi connectivity index (χ1v) is 7.30. The Morgan fingerprint density at radius 3 is 2.71 bits per heavy atom. The van der Waals surface area contributed by atoms with E-state index >= 15 is 0 Å². The molecule has 1 unspecified atom stereocenters. The van der Waals surface area contributed by atoms with Crippen molar-refractivity contribution >= 4 is 11.5 Å². The number of aryl methyl sites for hydroxylation is 1. The van der Waals surface area contributed by atoms with Crippen LogP contribution in [-0.2, 0) is 16.0 Å². The third-order valence-corrected chi connectivity index (χ3v) is 4.38. The van der Waals surface area contributed by atoms with E-state index in [0.29, 0.717) is 6.61 Å². The van der Waals surface area contributed by atoms with Crippen LogP contribution in [0.5, 0.6) is 0 Å². The van der Waals surface area contributed by atoms with E-state index in [1.807, 2.05) is 18.2 Å². The minimum Gasteiger partial charge on any atom is -0.462 e. The van der Waals surface area contributed by atoms with Crippen LogP contribution in [0.4, 0.5) is 0 Å². The lowest BCUT2D eigenvalue weighted by Gasteiger charge is -2.24. The number of carbonyl (C=O) groups excluding carboxylic acids is 1. The number of fused-ring (bicyclic) bond motifs is 2. The van der Waals surface area contributed by atoms with Gasteiger partial charge in [-0.3, -0.25) is 0 Å². The standard InChI is InChI=1S/C19H16O2/c1-12-7-8-14-10-15-11-21-19(20)18(15)17(16(14)9-12)13-5-3-2-4-6-13/h2-9,15H,10-11H2,1H3. The topological polar surface area (TPSA) is 26.3 Å². The molecule has 2 nitrogen and oxygen atoms in total. The van der Waals surface area contributed by atoms with Crippen LogP contribution in [0.1, 0.15) is 22.3 Å². The number of benzene rings is 2. The first kappa shape index (κ1) is 12.4. The number of rotatable bonds is 1. The van der Waals surface area contributed by atoms with E-state index in [2.05, 4.69) is 37.3 Å². The largest absolute Gasteiger partial charge is 0.462 e. The van der Waals surface area contributed by atoms with Gasteiger partial charge in [-0.25, -0.2) is 4.79 Å². The molecule has 0 saturated carbocycles. The number of cyclic esters (lactones) is 1. The van der Waals surface area contributed by atoms with Crippen molar-refractivity contribution in [2.45, 2.75) is 13.3 Å². The molecule has 2 heteroatoms. The normalized spacial score (nSPS) is 20.0. The van der Waals surface area contributed by atoms with E-state index in [1.165, 1.54) is 16.7 Å². The van der Waals surface area contributed by atoms with Crippen LogP contribution in [0.3, 0.4) is 0 Å². The molecular weight excluding hydrogens is 260 g/mol. The van der Waals surface area contributed by atoms with Gasteiger partial charge in [0, 0.05) is 11.5 Å². The summed E-state index contributed by atoms with van der Waals surface area (Å²) >= 11 is 0. The maximum Gasteiger partial charge on any atom is 0.335 e. The second-order valence-corrected chi connectivity index (χ2v) is 5.81. The summed E-state index contributed by atoms with van der Waals surface area (Å²) in [6.07, 6.45) is 0.896. The van der Waals surface area contributed by atoms with Gasteiger partial charge in [-0.1, -0.05) is 54.1 Å². The molecule has 0 radical (unpaired) electrons. The van der Waals surface area contributed by atoms with Gasteiger partial charge in [-0.05, 0) is 30.0 Å². The molecule has 1 atom stereocenters. The molecule has 0 aromatic heterocycles. The minimum atomic E-state index is -0.147. The van der Waals surface area contributed by atoms with Gasteiger partial charge in [0.25, 0.3) is 0 Å². The Labute approximate surface area is 124 Å². The van der Waals surface area contributed by atoms with Crippen molar-refractivity contribution in [2.75, 3.05) is 6.61 Å². The Bertz CT molecular complexity index is 756. The fourth-order valence-electron chi connectivity index (χ4n) is 3.40. The van der Waals surface area contributed by atoms with Gasteiger partial charge >= 0.3 is 5.97 Å². The predicted octanol–water partition coefficient (Wildman–Crippen LogP) is 3.53. The van der Waals surface area contributed by atoms with Crippen LogP contribution >= 0.6 is 0 Å². The quantitative estimate of drug-likeness (QED) is 0.745. The first-order valence-electron chi connectivity index (χ1n) is 7.30. The minimum absolute atomic E-state index is 0.147. The number of ether oxygens (including phenoxy) is 1. The molecule has 1 aliphatic carbocycles. The second kappa shape index (κ2) is 4.59. The molecule has 1 fully saturated rings. The zero-order valence-corrected chi connectivity index (χ0v) is 11.9. The maximum absolute atomic E-state index is 12.2. The van der Waals surface area contributed by atoms with Crippen molar-refractivity contribution in [3.05, 3.63) is 76.4 Å². The van der Waals surface area contributed by atoms with E-state index in [9.17, 15) is 4.79 Å². The van der Waals surface area contributed by atoms with Gasteiger partial charge in [0.05, 0.1) is 12.2 Å². The highest BCUT2D eigenvalue weighted by molar-refractivity contribution is 6.05. The summed E-state index contributed by atoms with van der Waals surface area (Å²) in [6.45, 7) is 2.60. The number of hydrogen-bond acceptors (Lipinski definition) is 2. The van der Waals surface area contributed by atoms with Gasteiger partial charge in [-0.2, -0.15) is 0 Å². The SMILES string of the molecule is Cc1ccc2c(c1)C(c1ccccc1)=C1C(=O)OCC1C2. The highest BCUT2D eigenvalue weighted by Crippen LogP contribution is 2.42. The molecule has 2 aromatic rings. The maximum atomic E-state index is 12.2. The Hall–Kier alpha value is -2.35. The molecule has 1 aliphatic heterocycles. The summed E-state index contributed by atoms with van der Waals surface area (Å²) in [5, 5.41) is 0. The summed E-state index contributed by atoms with van der Waals surface area (Å²) in [5.41, 5.74) is 6.74. The second-order valence-electron chi connectivity index (χ2n) is 5.81.